The molecule has 0 spiro atoms. The van der Waals surface area contributed by atoms with Crippen molar-refractivity contribution in [1.82, 2.24) is 25.7 Å². The Kier molecular flexibility index (Phi) is 4.87. The van der Waals surface area contributed by atoms with Crippen LogP contribution in [0.5, 0.6) is 0 Å². The number of pyridine rings is 1. The van der Waals surface area contributed by atoms with Crippen LogP contribution in [-0.2, 0) is 4.79 Å². The summed E-state index contributed by atoms with van der Waals surface area (Å²) in [5, 5.41) is 0.984. The fraction of sp³-hybridized carbons (Fsp3) is 0.0833. The van der Waals surface area contributed by atoms with Crippen molar-refractivity contribution in [3.8, 4) is 0 Å². The van der Waals surface area contributed by atoms with Gasteiger partial charge in [-0.15, -0.1) is 0 Å². The molecule has 158 valence electrons. The van der Waals surface area contributed by atoms with Gasteiger partial charge in [0.15, 0.2) is 0 Å². The highest BCUT2D eigenvalue weighted by atomic mass is 16.2. The molecule has 8 nitrogen and oxygen atoms in total. The number of benzene rings is 2. The molecular weight excluding hydrogens is 406 g/mol. The number of hydrogen-bond donors (Lipinski definition) is 3. The maximum Gasteiger partial charge on any atom is 0.271 e. The minimum atomic E-state index is -0.506. The Labute approximate surface area is 183 Å². The molecule has 0 fully saturated rings. The van der Waals surface area contributed by atoms with E-state index in [2.05, 4.69) is 20.8 Å². The standard InChI is InChI=1S/C24H19N5O3/c30-21(27-28-23(31)15-6-5-11-25-12-15)14-29-22(17-8-1-2-9-18(17)24(29)32)19-13-26-20-10-4-3-7-16(19)20/h1-13,22,26H,14H2,(H,27,30)(H,28,31). The number of aromatic nitrogens is 2. The molecule has 3 amide bonds. The number of amides is 3. The number of nitrogens with one attached hydrogen (secondary N) is 3. The summed E-state index contributed by atoms with van der Waals surface area (Å²) in [4.78, 5) is 46.7. The zero-order valence-electron chi connectivity index (χ0n) is 16.9. The topological polar surface area (TPSA) is 107 Å². The molecule has 0 aliphatic carbocycles. The van der Waals surface area contributed by atoms with Crippen LogP contribution >= 0.6 is 0 Å². The predicted octanol–water partition coefficient (Wildman–Crippen LogP) is 2.57. The highest BCUT2D eigenvalue weighted by Crippen LogP contribution is 2.40. The van der Waals surface area contributed by atoms with Crippen LogP contribution in [0, 0.1) is 0 Å². The summed E-state index contributed by atoms with van der Waals surface area (Å²) in [6, 6.07) is 18.0. The Morgan fingerprint density at radius 1 is 0.969 bits per heavy atom. The number of para-hydroxylation sites is 1. The Hall–Kier alpha value is -4.46. The van der Waals surface area contributed by atoms with E-state index in [4.69, 9.17) is 0 Å². The Morgan fingerprint density at radius 2 is 1.78 bits per heavy atom. The van der Waals surface area contributed by atoms with Crippen molar-refractivity contribution in [2.45, 2.75) is 6.04 Å². The van der Waals surface area contributed by atoms with E-state index in [1.165, 1.54) is 11.1 Å². The fourth-order valence-corrected chi connectivity index (χ4v) is 4.08. The second-order valence-corrected chi connectivity index (χ2v) is 7.46. The summed E-state index contributed by atoms with van der Waals surface area (Å²) in [6.45, 7) is -0.217. The number of carbonyl (C=O) groups excluding carboxylic acids is 3. The molecule has 2 aromatic heterocycles. The lowest BCUT2D eigenvalue weighted by Crippen LogP contribution is -2.47. The molecule has 4 aromatic rings. The first kappa shape index (κ1) is 19.5. The molecule has 1 aliphatic heterocycles. The molecule has 3 N–H and O–H groups in total. The van der Waals surface area contributed by atoms with Gasteiger partial charge in [-0.1, -0.05) is 36.4 Å². The molecule has 32 heavy (non-hydrogen) atoms. The number of hydrazine groups is 1. The molecule has 8 heteroatoms. The van der Waals surface area contributed by atoms with Crippen LogP contribution in [0.4, 0.5) is 0 Å². The van der Waals surface area contributed by atoms with Gasteiger partial charge < -0.3 is 9.88 Å². The van der Waals surface area contributed by atoms with Crippen LogP contribution in [0.1, 0.15) is 37.9 Å². The fourth-order valence-electron chi connectivity index (χ4n) is 4.08. The second-order valence-electron chi connectivity index (χ2n) is 7.46. The molecule has 2 aromatic carbocycles. The van der Waals surface area contributed by atoms with E-state index < -0.39 is 17.9 Å². The zero-order chi connectivity index (χ0) is 22.1. The lowest BCUT2D eigenvalue weighted by Gasteiger charge is -2.25. The third-order valence-electron chi connectivity index (χ3n) is 5.53. The van der Waals surface area contributed by atoms with E-state index >= 15 is 0 Å². The first-order chi connectivity index (χ1) is 15.6. The van der Waals surface area contributed by atoms with Crippen molar-refractivity contribution in [3.63, 3.8) is 0 Å². The number of hydrogen-bond acceptors (Lipinski definition) is 4. The first-order valence-corrected chi connectivity index (χ1v) is 10.1. The normalized spacial score (nSPS) is 14.9. The number of carbonyl (C=O) groups is 3. The summed E-state index contributed by atoms with van der Waals surface area (Å²) in [7, 11) is 0. The monoisotopic (exact) mass is 425 g/mol. The van der Waals surface area contributed by atoms with Crippen LogP contribution in [-0.4, -0.2) is 39.1 Å². The molecule has 3 heterocycles. The minimum absolute atomic E-state index is 0.217. The average Bonchev–Trinajstić information content (AvgIpc) is 3.37. The molecule has 5 rings (SSSR count). The van der Waals surface area contributed by atoms with Crippen molar-refractivity contribution in [2.24, 2.45) is 0 Å². The van der Waals surface area contributed by atoms with Crippen LogP contribution in [0.25, 0.3) is 10.9 Å². The molecule has 1 aliphatic rings. The molecular formula is C24H19N5O3. The molecule has 1 atom stereocenters. The molecule has 0 radical (unpaired) electrons. The Balaban J connectivity index is 1.40. The summed E-state index contributed by atoms with van der Waals surface area (Å²) in [6.07, 6.45) is 4.83. The Morgan fingerprint density at radius 3 is 2.62 bits per heavy atom. The van der Waals surface area contributed by atoms with Crippen molar-refractivity contribution >= 4 is 28.6 Å². The van der Waals surface area contributed by atoms with Gasteiger partial charge in [-0.25, -0.2) is 0 Å². The summed E-state index contributed by atoms with van der Waals surface area (Å²) in [5.74, 6) is -1.23. The third kappa shape index (κ3) is 3.37. The molecule has 0 saturated carbocycles. The van der Waals surface area contributed by atoms with Gasteiger partial charge in [0.1, 0.15) is 6.54 Å². The number of aromatic amines is 1. The van der Waals surface area contributed by atoms with Crippen molar-refractivity contribution < 1.29 is 14.4 Å². The summed E-state index contributed by atoms with van der Waals surface area (Å²) >= 11 is 0. The number of nitrogens with zero attached hydrogens (tertiary/aromatic N) is 2. The lowest BCUT2D eigenvalue weighted by molar-refractivity contribution is -0.122. The molecule has 0 saturated heterocycles. The Bertz CT molecular complexity index is 1330. The summed E-state index contributed by atoms with van der Waals surface area (Å²) < 4.78 is 0. The molecule has 1 unspecified atom stereocenters. The van der Waals surface area contributed by atoms with E-state index in [-0.39, 0.29) is 12.5 Å². The lowest BCUT2D eigenvalue weighted by atomic mass is 9.97. The van der Waals surface area contributed by atoms with Crippen molar-refractivity contribution in [3.05, 3.63) is 102 Å². The van der Waals surface area contributed by atoms with E-state index in [1.807, 2.05) is 42.6 Å². The van der Waals surface area contributed by atoms with Crippen molar-refractivity contribution in [2.75, 3.05) is 6.54 Å². The van der Waals surface area contributed by atoms with Gasteiger partial charge in [-0.05, 0) is 29.8 Å². The predicted molar refractivity (Wildman–Crippen MR) is 117 cm³/mol. The second kappa shape index (κ2) is 7.99. The van der Waals surface area contributed by atoms with Crippen LogP contribution < -0.4 is 10.9 Å². The van der Waals surface area contributed by atoms with Crippen LogP contribution in [0.15, 0.2) is 79.3 Å². The van der Waals surface area contributed by atoms with Gasteiger partial charge in [-0.3, -0.25) is 30.2 Å². The van der Waals surface area contributed by atoms with E-state index in [1.54, 1.807) is 30.5 Å². The van der Waals surface area contributed by atoms with E-state index in [0.717, 1.165) is 22.0 Å². The van der Waals surface area contributed by atoms with Gasteiger partial charge in [0.05, 0.1) is 11.6 Å². The van der Waals surface area contributed by atoms with Crippen LogP contribution in [0.2, 0.25) is 0 Å². The van der Waals surface area contributed by atoms with Gasteiger partial charge >= 0.3 is 0 Å². The van der Waals surface area contributed by atoms with E-state index in [9.17, 15) is 14.4 Å². The largest absolute Gasteiger partial charge is 0.361 e. The van der Waals surface area contributed by atoms with Gasteiger partial charge in [0, 0.05) is 40.6 Å². The smallest absolute Gasteiger partial charge is 0.271 e. The minimum Gasteiger partial charge on any atom is -0.361 e. The number of H-pyrrole nitrogens is 1. The highest BCUT2D eigenvalue weighted by Gasteiger charge is 2.39. The van der Waals surface area contributed by atoms with Gasteiger partial charge in [0.25, 0.3) is 17.7 Å². The van der Waals surface area contributed by atoms with E-state index in [0.29, 0.717) is 11.1 Å². The zero-order valence-corrected chi connectivity index (χ0v) is 16.9. The summed E-state index contributed by atoms with van der Waals surface area (Å²) in [5.41, 5.74) is 8.34. The van der Waals surface area contributed by atoms with Crippen molar-refractivity contribution in [1.29, 1.82) is 0 Å². The molecule has 0 bridgehead atoms. The quantitative estimate of drug-likeness (QED) is 0.437. The third-order valence-corrected chi connectivity index (χ3v) is 5.53. The SMILES string of the molecule is O=C(CN1C(=O)c2ccccc2C1c1c[nH]c2ccccc12)NNC(=O)c1cccnc1. The van der Waals surface area contributed by atoms with Crippen LogP contribution in [0.3, 0.4) is 0 Å². The van der Waals surface area contributed by atoms with Gasteiger partial charge in [0.2, 0.25) is 0 Å². The van der Waals surface area contributed by atoms with Gasteiger partial charge in [-0.2, -0.15) is 0 Å². The average molecular weight is 425 g/mol. The number of rotatable bonds is 4. The highest BCUT2D eigenvalue weighted by molar-refractivity contribution is 6.03. The maximum atomic E-state index is 13.2. The first-order valence-electron chi connectivity index (χ1n) is 10.1. The maximum absolute atomic E-state index is 13.2. The number of fused-ring (bicyclic) bond motifs is 2.